The highest BCUT2D eigenvalue weighted by Gasteiger charge is 2.06. The Kier molecular flexibility index (Phi) is 3.05. The number of ether oxygens (including phenoxy) is 1. The molecule has 1 rings (SSSR count). The van der Waals surface area contributed by atoms with Gasteiger partial charge in [-0.2, -0.15) is 0 Å². The highest BCUT2D eigenvalue weighted by atomic mass is 35.5. The second-order valence-corrected chi connectivity index (χ2v) is 3.68. The first kappa shape index (κ1) is 8.71. The van der Waals surface area contributed by atoms with Crippen molar-refractivity contribution in [3.8, 4) is 0 Å². The van der Waals surface area contributed by atoms with Gasteiger partial charge in [-0.15, -0.1) is 11.3 Å². The van der Waals surface area contributed by atoms with Crippen LogP contribution in [0, 0.1) is 0 Å². The molecule has 11 heavy (non-hydrogen) atoms. The molecule has 0 amide bonds. The third kappa shape index (κ3) is 2.29. The van der Waals surface area contributed by atoms with Gasteiger partial charge in [0.2, 0.25) is 0 Å². The van der Waals surface area contributed by atoms with Gasteiger partial charge in [-0.25, -0.2) is 0 Å². The van der Waals surface area contributed by atoms with Crippen LogP contribution in [-0.4, -0.2) is 19.5 Å². The summed E-state index contributed by atoms with van der Waals surface area (Å²) in [6, 6.07) is 3.41. The maximum atomic E-state index is 11.1. The van der Waals surface area contributed by atoms with Crippen LogP contribution in [0.15, 0.2) is 12.1 Å². The van der Waals surface area contributed by atoms with Crippen LogP contribution < -0.4 is 0 Å². The summed E-state index contributed by atoms with van der Waals surface area (Å²) >= 11 is 6.90. The summed E-state index contributed by atoms with van der Waals surface area (Å²) in [5.41, 5.74) is 0. The maximum Gasteiger partial charge on any atom is 0.198 e. The third-order valence-electron chi connectivity index (χ3n) is 1.12. The Morgan fingerprint density at radius 2 is 2.45 bits per heavy atom. The molecule has 0 aliphatic heterocycles. The minimum absolute atomic E-state index is 0.0237. The van der Waals surface area contributed by atoms with Crippen LogP contribution in [0.5, 0.6) is 0 Å². The van der Waals surface area contributed by atoms with Crippen molar-refractivity contribution >= 4 is 28.7 Å². The van der Waals surface area contributed by atoms with Crippen molar-refractivity contribution in [2.45, 2.75) is 0 Å². The van der Waals surface area contributed by atoms with Crippen LogP contribution in [0.1, 0.15) is 9.67 Å². The van der Waals surface area contributed by atoms with Crippen molar-refractivity contribution in [1.29, 1.82) is 0 Å². The van der Waals surface area contributed by atoms with Crippen LogP contribution in [0.3, 0.4) is 0 Å². The molecule has 2 nitrogen and oxygen atoms in total. The average Bonchev–Trinajstić information content (AvgIpc) is 2.36. The minimum Gasteiger partial charge on any atom is -0.376 e. The first-order valence-electron chi connectivity index (χ1n) is 3.01. The predicted molar refractivity (Wildman–Crippen MR) is 45.5 cm³/mol. The largest absolute Gasteiger partial charge is 0.376 e. The van der Waals surface area contributed by atoms with Crippen LogP contribution in [0.2, 0.25) is 4.34 Å². The van der Waals surface area contributed by atoms with Gasteiger partial charge in [0.15, 0.2) is 5.78 Å². The monoisotopic (exact) mass is 190 g/mol. The van der Waals surface area contributed by atoms with Crippen LogP contribution in [-0.2, 0) is 4.74 Å². The van der Waals surface area contributed by atoms with Gasteiger partial charge in [-0.3, -0.25) is 4.79 Å². The number of rotatable bonds is 3. The molecule has 1 heterocycles. The summed E-state index contributed by atoms with van der Waals surface area (Å²) in [7, 11) is 1.49. The molecule has 0 atom stereocenters. The summed E-state index contributed by atoms with van der Waals surface area (Å²) in [5, 5.41) is 0. The number of methoxy groups -OCH3 is 1. The Bertz CT molecular complexity index is 257. The van der Waals surface area contributed by atoms with Gasteiger partial charge in [0.25, 0.3) is 0 Å². The number of ketones is 1. The molecule has 0 bridgehead atoms. The van der Waals surface area contributed by atoms with Gasteiger partial charge in [-0.05, 0) is 12.1 Å². The maximum absolute atomic E-state index is 11.1. The van der Waals surface area contributed by atoms with E-state index in [4.69, 9.17) is 11.6 Å². The van der Waals surface area contributed by atoms with E-state index in [1.54, 1.807) is 12.1 Å². The van der Waals surface area contributed by atoms with Crippen LogP contribution in [0.4, 0.5) is 0 Å². The summed E-state index contributed by atoms with van der Waals surface area (Å²) in [4.78, 5) is 11.7. The van der Waals surface area contributed by atoms with Crippen molar-refractivity contribution in [2.24, 2.45) is 0 Å². The van der Waals surface area contributed by atoms with Gasteiger partial charge in [0.1, 0.15) is 6.61 Å². The molecule has 0 spiro atoms. The number of thiophene rings is 1. The number of hydrogen-bond donors (Lipinski definition) is 0. The van der Waals surface area contributed by atoms with Gasteiger partial charge < -0.3 is 4.74 Å². The van der Waals surface area contributed by atoms with Crippen molar-refractivity contribution < 1.29 is 9.53 Å². The molecule has 4 heteroatoms. The fraction of sp³-hybridized carbons (Fsp3) is 0.286. The number of Topliss-reactive ketones (excluding diaryl/α,β-unsaturated/α-hetero) is 1. The zero-order chi connectivity index (χ0) is 8.27. The molecule has 0 saturated carbocycles. The molecule has 0 radical (unpaired) electrons. The van der Waals surface area contributed by atoms with Gasteiger partial charge in [-0.1, -0.05) is 11.6 Å². The fourth-order valence-electron chi connectivity index (χ4n) is 0.666. The Labute approximate surface area is 73.7 Å². The fourth-order valence-corrected chi connectivity index (χ4v) is 1.63. The number of halogens is 1. The second kappa shape index (κ2) is 3.85. The molecular formula is C7H7ClO2S. The molecular weight excluding hydrogens is 184 g/mol. The Morgan fingerprint density at radius 1 is 1.73 bits per heavy atom. The Morgan fingerprint density at radius 3 is 2.91 bits per heavy atom. The SMILES string of the molecule is COCC(=O)c1ccc(Cl)s1. The van der Waals surface area contributed by atoms with Crippen molar-refractivity contribution in [2.75, 3.05) is 13.7 Å². The smallest absolute Gasteiger partial charge is 0.198 e. The molecule has 1 aromatic heterocycles. The summed E-state index contributed by atoms with van der Waals surface area (Å²) in [5.74, 6) is -0.0237. The van der Waals surface area contributed by atoms with Crippen molar-refractivity contribution in [3.05, 3.63) is 21.3 Å². The van der Waals surface area contributed by atoms with Gasteiger partial charge in [0.05, 0.1) is 9.21 Å². The van der Waals surface area contributed by atoms with E-state index >= 15 is 0 Å². The molecule has 1 aromatic rings. The molecule has 0 fully saturated rings. The lowest BCUT2D eigenvalue weighted by atomic mass is 10.3. The van der Waals surface area contributed by atoms with Gasteiger partial charge >= 0.3 is 0 Å². The first-order valence-corrected chi connectivity index (χ1v) is 4.21. The normalized spacial score (nSPS) is 10.0. The molecule has 0 N–H and O–H groups in total. The summed E-state index contributed by atoms with van der Waals surface area (Å²) < 4.78 is 5.31. The lowest BCUT2D eigenvalue weighted by molar-refractivity contribution is 0.0852. The number of hydrogen-bond acceptors (Lipinski definition) is 3. The quantitative estimate of drug-likeness (QED) is 0.684. The molecule has 0 aliphatic carbocycles. The number of carbonyl (C=O) groups is 1. The van der Waals surface area contributed by atoms with Gasteiger partial charge in [0, 0.05) is 7.11 Å². The van der Waals surface area contributed by atoms with E-state index < -0.39 is 0 Å². The highest BCUT2D eigenvalue weighted by Crippen LogP contribution is 2.21. The number of carbonyl (C=O) groups excluding carboxylic acids is 1. The topological polar surface area (TPSA) is 26.3 Å². The summed E-state index contributed by atoms with van der Waals surface area (Å²) in [6.45, 7) is 0.122. The standard InChI is InChI=1S/C7H7ClO2S/c1-10-4-5(9)6-2-3-7(8)11-6/h2-3H,4H2,1H3. The molecule has 0 saturated heterocycles. The average molecular weight is 191 g/mol. The summed E-state index contributed by atoms with van der Waals surface area (Å²) in [6.07, 6.45) is 0. The van der Waals surface area contributed by atoms with E-state index in [0.29, 0.717) is 9.21 Å². The lowest BCUT2D eigenvalue weighted by Crippen LogP contribution is -2.04. The zero-order valence-corrected chi connectivity index (χ0v) is 7.54. The predicted octanol–water partition coefficient (Wildman–Crippen LogP) is 2.23. The van der Waals surface area contributed by atoms with E-state index in [0.717, 1.165) is 0 Å². The van der Waals surface area contributed by atoms with E-state index in [-0.39, 0.29) is 12.4 Å². The van der Waals surface area contributed by atoms with E-state index in [1.165, 1.54) is 18.4 Å². The minimum atomic E-state index is -0.0237. The van der Waals surface area contributed by atoms with Crippen LogP contribution >= 0.6 is 22.9 Å². The lowest BCUT2D eigenvalue weighted by Gasteiger charge is -1.92. The Balaban J connectivity index is 2.69. The molecule has 0 aromatic carbocycles. The third-order valence-corrected chi connectivity index (χ3v) is 2.40. The van der Waals surface area contributed by atoms with E-state index in [1.807, 2.05) is 0 Å². The zero-order valence-electron chi connectivity index (χ0n) is 5.96. The second-order valence-electron chi connectivity index (χ2n) is 1.96. The van der Waals surface area contributed by atoms with E-state index in [9.17, 15) is 4.79 Å². The van der Waals surface area contributed by atoms with Crippen LogP contribution in [0.25, 0.3) is 0 Å². The van der Waals surface area contributed by atoms with Crippen molar-refractivity contribution in [1.82, 2.24) is 0 Å². The molecule has 60 valence electrons. The van der Waals surface area contributed by atoms with Crippen molar-refractivity contribution in [3.63, 3.8) is 0 Å². The highest BCUT2D eigenvalue weighted by molar-refractivity contribution is 7.18. The Hall–Kier alpha value is -0.380. The van der Waals surface area contributed by atoms with E-state index in [2.05, 4.69) is 4.74 Å². The molecule has 0 unspecified atom stereocenters. The first-order chi connectivity index (χ1) is 5.24. The molecule has 0 aliphatic rings.